The maximum atomic E-state index is 9.15. The van der Waals surface area contributed by atoms with E-state index in [9.17, 15) is 0 Å². The number of aryl methyl sites for hydroxylation is 1. The van der Waals surface area contributed by atoms with Crippen LogP contribution in [-0.4, -0.2) is 21.4 Å². The molecule has 0 fully saturated rings. The van der Waals surface area contributed by atoms with E-state index < -0.39 is 0 Å². The van der Waals surface area contributed by atoms with Crippen LogP contribution in [0.25, 0.3) is 0 Å². The Morgan fingerprint density at radius 2 is 2.20 bits per heavy atom. The molecule has 0 unspecified atom stereocenters. The first-order chi connectivity index (χ1) is 9.76. The maximum Gasteiger partial charge on any atom is 0.125 e. The minimum atomic E-state index is 0.762. The van der Waals surface area contributed by atoms with Gasteiger partial charge >= 0.3 is 0 Å². The molecule has 1 aliphatic rings. The summed E-state index contributed by atoms with van der Waals surface area (Å²) >= 11 is 0. The van der Waals surface area contributed by atoms with Gasteiger partial charge in [-0.15, -0.1) is 0 Å². The summed E-state index contributed by atoms with van der Waals surface area (Å²) in [6.45, 7) is 4.56. The van der Waals surface area contributed by atoms with Crippen LogP contribution in [0.3, 0.4) is 0 Å². The van der Waals surface area contributed by atoms with Crippen LogP contribution in [0.15, 0.2) is 30.5 Å². The Balaban J connectivity index is 1.78. The molecule has 0 N–H and O–H groups in total. The summed E-state index contributed by atoms with van der Waals surface area (Å²) in [4.78, 5) is 11.1. The van der Waals surface area contributed by atoms with Gasteiger partial charge in [-0.3, -0.25) is 4.90 Å². The first-order valence-corrected chi connectivity index (χ1v) is 6.78. The monoisotopic (exact) mass is 264 g/mol. The van der Waals surface area contributed by atoms with Crippen molar-refractivity contribution in [2.75, 3.05) is 6.54 Å². The topological polar surface area (TPSA) is 52.8 Å². The first kappa shape index (κ1) is 12.8. The number of nitrogens with zero attached hydrogens (tertiary/aromatic N) is 4. The molecule has 0 bridgehead atoms. The fourth-order valence-electron chi connectivity index (χ4n) is 2.62. The summed E-state index contributed by atoms with van der Waals surface area (Å²) in [7, 11) is 0. The van der Waals surface area contributed by atoms with Gasteiger partial charge in [0.15, 0.2) is 0 Å². The van der Waals surface area contributed by atoms with Gasteiger partial charge in [0.1, 0.15) is 5.82 Å². The summed E-state index contributed by atoms with van der Waals surface area (Å²) in [6, 6.07) is 10.1. The van der Waals surface area contributed by atoms with Crippen molar-refractivity contribution in [2.24, 2.45) is 0 Å². The van der Waals surface area contributed by atoms with Crippen LogP contribution in [0.2, 0.25) is 0 Å². The number of benzene rings is 1. The van der Waals surface area contributed by atoms with Crippen molar-refractivity contribution in [3.63, 3.8) is 0 Å². The maximum absolute atomic E-state index is 9.15. The highest BCUT2D eigenvalue weighted by Crippen LogP contribution is 2.19. The van der Waals surface area contributed by atoms with Gasteiger partial charge in [0.2, 0.25) is 0 Å². The van der Waals surface area contributed by atoms with E-state index in [1.807, 2.05) is 37.4 Å². The van der Waals surface area contributed by atoms with E-state index in [1.165, 1.54) is 11.3 Å². The summed E-state index contributed by atoms with van der Waals surface area (Å²) in [6.07, 6.45) is 2.88. The summed E-state index contributed by atoms with van der Waals surface area (Å²) in [5.41, 5.74) is 4.23. The lowest BCUT2D eigenvalue weighted by atomic mass is 10.0. The molecule has 1 aromatic carbocycles. The average Bonchev–Trinajstić information content (AvgIpc) is 2.48. The van der Waals surface area contributed by atoms with Gasteiger partial charge in [-0.05, 0) is 18.6 Å². The zero-order chi connectivity index (χ0) is 13.9. The van der Waals surface area contributed by atoms with Crippen molar-refractivity contribution in [3.05, 3.63) is 58.7 Å². The highest BCUT2D eigenvalue weighted by atomic mass is 15.1. The number of aromatic nitrogens is 2. The smallest absolute Gasteiger partial charge is 0.125 e. The predicted octanol–water partition coefficient (Wildman–Crippen LogP) is 2.21. The molecule has 1 aromatic heterocycles. The molecule has 0 atom stereocenters. The van der Waals surface area contributed by atoms with Gasteiger partial charge < -0.3 is 0 Å². The van der Waals surface area contributed by atoms with Crippen LogP contribution in [0.5, 0.6) is 0 Å². The molecular weight excluding hydrogens is 248 g/mol. The molecule has 0 spiro atoms. The van der Waals surface area contributed by atoms with Crippen molar-refractivity contribution in [1.82, 2.24) is 14.9 Å². The van der Waals surface area contributed by atoms with Crippen LogP contribution in [0.1, 0.15) is 28.2 Å². The van der Waals surface area contributed by atoms with Gasteiger partial charge in [-0.2, -0.15) is 5.26 Å². The third-order valence-electron chi connectivity index (χ3n) is 3.67. The lowest BCUT2D eigenvalue weighted by Crippen LogP contribution is -2.31. The SMILES string of the molecule is Cc1ncc2c(n1)CCN(Cc1ccccc1C#N)C2. The molecule has 0 radical (unpaired) electrons. The summed E-state index contributed by atoms with van der Waals surface area (Å²) in [5, 5.41) is 9.15. The normalized spacial score (nSPS) is 14.6. The van der Waals surface area contributed by atoms with Gasteiger partial charge in [0.05, 0.1) is 11.6 Å². The molecule has 4 heteroatoms. The van der Waals surface area contributed by atoms with Crippen LogP contribution >= 0.6 is 0 Å². The van der Waals surface area contributed by atoms with E-state index in [1.54, 1.807) is 0 Å². The van der Waals surface area contributed by atoms with Gasteiger partial charge in [-0.1, -0.05) is 18.2 Å². The molecule has 0 saturated carbocycles. The Labute approximate surface area is 118 Å². The van der Waals surface area contributed by atoms with E-state index in [0.717, 1.165) is 43.0 Å². The second-order valence-electron chi connectivity index (χ2n) is 5.12. The Bertz CT molecular complexity index is 672. The molecule has 4 nitrogen and oxygen atoms in total. The van der Waals surface area contributed by atoms with Crippen molar-refractivity contribution >= 4 is 0 Å². The Morgan fingerprint density at radius 1 is 1.35 bits per heavy atom. The largest absolute Gasteiger partial charge is 0.294 e. The van der Waals surface area contributed by atoms with Crippen molar-refractivity contribution in [1.29, 1.82) is 5.26 Å². The second kappa shape index (κ2) is 5.40. The lowest BCUT2D eigenvalue weighted by Gasteiger charge is -2.28. The zero-order valence-electron chi connectivity index (χ0n) is 11.5. The minimum absolute atomic E-state index is 0.762. The molecule has 100 valence electrons. The van der Waals surface area contributed by atoms with Crippen LogP contribution in [-0.2, 0) is 19.5 Å². The van der Waals surface area contributed by atoms with Crippen LogP contribution < -0.4 is 0 Å². The average molecular weight is 264 g/mol. The third kappa shape index (κ3) is 2.54. The Kier molecular flexibility index (Phi) is 3.44. The molecule has 20 heavy (non-hydrogen) atoms. The molecule has 2 heterocycles. The first-order valence-electron chi connectivity index (χ1n) is 6.78. The zero-order valence-corrected chi connectivity index (χ0v) is 11.5. The molecule has 3 rings (SSSR count). The van der Waals surface area contributed by atoms with Crippen molar-refractivity contribution in [2.45, 2.75) is 26.4 Å². The van der Waals surface area contributed by atoms with Crippen LogP contribution in [0.4, 0.5) is 0 Å². The third-order valence-corrected chi connectivity index (χ3v) is 3.67. The molecule has 2 aromatic rings. The summed E-state index contributed by atoms with van der Waals surface area (Å²) < 4.78 is 0. The van der Waals surface area contributed by atoms with Crippen molar-refractivity contribution in [3.8, 4) is 6.07 Å². The number of rotatable bonds is 2. The highest BCUT2D eigenvalue weighted by Gasteiger charge is 2.18. The quantitative estimate of drug-likeness (QED) is 0.834. The molecular formula is C16H16N4. The molecule has 0 saturated heterocycles. The molecule has 0 aliphatic carbocycles. The standard InChI is InChI=1S/C16H16N4/c1-12-18-9-15-11-20(7-6-16(15)19-12)10-14-5-3-2-4-13(14)8-17/h2-5,9H,6-7,10-11H2,1H3. The van der Waals surface area contributed by atoms with E-state index in [-0.39, 0.29) is 0 Å². The van der Waals surface area contributed by atoms with E-state index in [0.29, 0.717) is 0 Å². The lowest BCUT2D eigenvalue weighted by molar-refractivity contribution is 0.242. The number of fused-ring (bicyclic) bond motifs is 1. The fourth-order valence-corrected chi connectivity index (χ4v) is 2.62. The predicted molar refractivity (Wildman–Crippen MR) is 75.7 cm³/mol. The van der Waals surface area contributed by atoms with Crippen molar-refractivity contribution < 1.29 is 0 Å². The number of hydrogen-bond acceptors (Lipinski definition) is 4. The van der Waals surface area contributed by atoms with E-state index >= 15 is 0 Å². The second-order valence-corrected chi connectivity index (χ2v) is 5.12. The Morgan fingerprint density at radius 3 is 3.05 bits per heavy atom. The number of nitriles is 1. The van der Waals surface area contributed by atoms with E-state index in [2.05, 4.69) is 20.9 Å². The fraction of sp³-hybridized carbons (Fsp3) is 0.312. The van der Waals surface area contributed by atoms with Gasteiger partial charge in [0, 0.05) is 43.5 Å². The molecule has 1 aliphatic heterocycles. The van der Waals surface area contributed by atoms with E-state index in [4.69, 9.17) is 5.26 Å². The van der Waals surface area contributed by atoms with Crippen LogP contribution in [0, 0.1) is 18.3 Å². The molecule has 0 amide bonds. The Hall–Kier alpha value is -2.25. The summed E-state index contributed by atoms with van der Waals surface area (Å²) in [5.74, 6) is 0.840. The number of hydrogen-bond donors (Lipinski definition) is 0. The minimum Gasteiger partial charge on any atom is -0.294 e. The van der Waals surface area contributed by atoms with Gasteiger partial charge in [-0.25, -0.2) is 9.97 Å². The van der Waals surface area contributed by atoms with Gasteiger partial charge in [0.25, 0.3) is 0 Å². The highest BCUT2D eigenvalue weighted by molar-refractivity contribution is 5.37.